The number of esters is 1. The molecule has 0 saturated heterocycles. The first-order valence-corrected chi connectivity index (χ1v) is 38.5. The van der Waals surface area contributed by atoms with Crippen molar-refractivity contribution in [1.82, 2.24) is 5.32 Å². The molecule has 1 N–H and O–H groups in total. The second kappa shape index (κ2) is 66.8. The van der Waals surface area contributed by atoms with Crippen LogP contribution in [0.3, 0.4) is 0 Å². The molecule has 1 amide bonds. The lowest BCUT2D eigenvalue weighted by Crippen LogP contribution is -2.47. The average molecular weight is 1250 g/mol. The molecule has 0 aromatic carbocycles. The Kier molecular flexibility index (Phi) is 64.5. The van der Waals surface area contributed by atoms with Crippen molar-refractivity contribution in [2.24, 2.45) is 0 Å². The van der Waals surface area contributed by atoms with E-state index in [2.05, 4.69) is 111 Å². The van der Waals surface area contributed by atoms with Crippen LogP contribution in [-0.4, -0.2) is 69.4 Å². The van der Waals surface area contributed by atoms with E-state index in [9.17, 15) is 19.0 Å². The molecule has 0 rings (SSSR count). The van der Waals surface area contributed by atoms with E-state index < -0.39 is 26.6 Å². The summed E-state index contributed by atoms with van der Waals surface area (Å²) in [6.07, 6.45) is 91.0. The molecule has 3 unspecified atom stereocenters. The summed E-state index contributed by atoms with van der Waals surface area (Å²) >= 11 is 0. The second-order valence-electron chi connectivity index (χ2n) is 26.1. The van der Waals surface area contributed by atoms with Gasteiger partial charge in [-0.2, -0.15) is 0 Å². The molecule has 10 heteroatoms. The molecule has 0 radical (unpaired) electrons. The fraction of sp³-hybridized carbons (Fsp3) is 0.769. The van der Waals surface area contributed by atoms with Gasteiger partial charge in [-0.15, -0.1) is 0 Å². The van der Waals surface area contributed by atoms with Gasteiger partial charge in [0.1, 0.15) is 19.3 Å². The lowest BCUT2D eigenvalue weighted by atomic mass is 10.0. The number of phosphoric acid groups is 1. The third kappa shape index (κ3) is 67.3. The summed E-state index contributed by atoms with van der Waals surface area (Å²) in [4.78, 5) is 40.3. The van der Waals surface area contributed by atoms with Crippen molar-refractivity contribution in [2.45, 2.75) is 348 Å². The molecule has 0 spiro atoms. The number of nitrogens with zero attached hydrogens (tertiary/aromatic N) is 1. The Labute approximate surface area is 545 Å². The number of nitrogens with one attached hydrogen (secondary N) is 1. The minimum absolute atomic E-state index is 0.0270. The first-order chi connectivity index (χ1) is 42.9. The summed E-state index contributed by atoms with van der Waals surface area (Å²) in [6, 6.07) is -0.899. The van der Waals surface area contributed by atoms with Crippen molar-refractivity contribution in [3.8, 4) is 0 Å². The Morgan fingerprint density at radius 1 is 0.398 bits per heavy atom. The molecule has 0 fully saturated rings. The summed E-state index contributed by atoms with van der Waals surface area (Å²) in [5.74, 6) is -0.544. The van der Waals surface area contributed by atoms with Gasteiger partial charge in [-0.3, -0.25) is 14.2 Å². The number of allylic oxidation sites excluding steroid dienone is 15. The summed E-state index contributed by atoms with van der Waals surface area (Å²) in [7, 11) is 1.18. The number of carbonyl (C=O) groups excluding carboxylic acids is 2. The predicted octanol–water partition coefficient (Wildman–Crippen LogP) is 23.2. The lowest BCUT2D eigenvalue weighted by Gasteiger charge is -2.30. The van der Waals surface area contributed by atoms with E-state index in [1.54, 1.807) is 0 Å². The van der Waals surface area contributed by atoms with E-state index in [1.165, 1.54) is 199 Å². The number of phosphoric ester groups is 1. The molecule has 0 aliphatic rings. The van der Waals surface area contributed by atoms with Crippen LogP contribution in [-0.2, 0) is 27.9 Å². The topological polar surface area (TPSA) is 114 Å². The van der Waals surface area contributed by atoms with Crippen molar-refractivity contribution < 1.29 is 37.3 Å². The van der Waals surface area contributed by atoms with Crippen molar-refractivity contribution in [1.29, 1.82) is 0 Å². The van der Waals surface area contributed by atoms with E-state index in [0.29, 0.717) is 17.4 Å². The van der Waals surface area contributed by atoms with Crippen LogP contribution in [0, 0.1) is 0 Å². The Morgan fingerprint density at radius 3 is 1.06 bits per heavy atom. The van der Waals surface area contributed by atoms with Crippen LogP contribution in [0.5, 0.6) is 0 Å². The normalized spacial score (nSPS) is 14.0. The van der Waals surface area contributed by atoms with Gasteiger partial charge in [0.25, 0.3) is 7.82 Å². The molecule has 0 aliphatic carbocycles. The van der Waals surface area contributed by atoms with Gasteiger partial charge in [-0.05, 0) is 115 Å². The highest BCUT2D eigenvalue weighted by Crippen LogP contribution is 2.38. The standard InChI is InChI=1S/C78H141N2O7P/c1-7-10-13-16-19-22-25-28-30-32-34-36-38-40-42-44-46-48-50-52-55-58-61-64-67-70-77(81)79-75(74-86-88(83,84)85-73-72-80(4,5)6)76(69-66-63-60-57-54-27-24-21-18-15-12-9-3)87-78(82)71-68-65-62-59-56-53-51-49-47-45-43-41-39-37-35-33-31-29-26-23-20-17-14-11-8-2/h19-20,22-23,28-31,34-37,40,42,66,69,75-76H,7-18,21,24-27,32-33,38-39,41,43-65,67-68,70-74H2,1-6H3,(H-,79,81,83,84)/b22-19-,23-20-,30-28-,31-29-,36-34-,37-35-,42-40-,69-66+. The number of amides is 1. The number of unbranched alkanes of at least 4 members (excludes halogenated alkanes) is 37. The Bertz CT molecular complexity index is 1830. The van der Waals surface area contributed by atoms with Gasteiger partial charge < -0.3 is 28.5 Å². The minimum Gasteiger partial charge on any atom is -0.756 e. The van der Waals surface area contributed by atoms with Crippen LogP contribution >= 0.6 is 7.82 Å². The maximum absolute atomic E-state index is 13.6. The number of carbonyl (C=O) groups is 2. The lowest BCUT2D eigenvalue weighted by molar-refractivity contribution is -0.870. The molecule has 88 heavy (non-hydrogen) atoms. The number of hydrogen-bond donors (Lipinski definition) is 1. The van der Waals surface area contributed by atoms with Gasteiger partial charge in [0.05, 0.1) is 33.8 Å². The van der Waals surface area contributed by atoms with Crippen LogP contribution in [0.2, 0.25) is 0 Å². The van der Waals surface area contributed by atoms with Crippen LogP contribution in [0.15, 0.2) is 97.2 Å². The number of likely N-dealkylation sites (N-methyl/N-ethyl adjacent to an activating group) is 1. The van der Waals surface area contributed by atoms with E-state index >= 15 is 0 Å². The summed E-state index contributed by atoms with van der Waals surface area (Å²) in [5.41, 5.74) is 0. The summed E-state index contributed by atoms with van der Waals surface area (Å²) in [6.45, 7) is 6.81. The molecule has 0 aromatic heterocycles. The zero-order chi connectivity index (χ0) is 64.2. The number of quaternary nitrogens is 1. The number of rotatable bonds is 67. The molecule has 510 valence electrons. The zero-order valence-electron chi connectivity index (χ0n) is 58.4. The van der Waals surface area contributed by atoms with Gasteiger partial charge >= 0.3 is 5.97 Å². The van der Waals surface area contributed by atoms with Crippen molar-refractivity contribution >= 4 is 19.7 Å². The maximum atomic E-state index is 13.6. The molecule has 0 aromatic rings. The van der Waals surface area contributed by atoms with Crippen molar-refractivity contribution in [2.75, 3.05) is 40.9 Å². The molecular formula is C78H141N2O7P. The molecule has 9 nitrogen and oxygen atoms in total. The summed E-state index contributed by atoms with van der Waals surface area (Å²) < 4.78 is 30.5. The third-order valence-corrected chi connectivity index (χ3v) is 17.2. The molecule has 3 atom stereocenters. The average Bonchev–Trinajstić information content (AvgIpc) is 3.71. The fourth-order valence-corrected chi connectivity index (χ4v) is 11.2. The van der Waals surface area contributed by atoms with Gasteiger partial charge in [0, 0.05) is 12.8 Å². The van der Waals surface area contributed by atoms with Crippen LogP contribution in [0.1, 0.15) is 335 Å². The highest BCUT2D eigenvalue weighted by Gasteiger charge is 2.27. The largest absolute Gasteiger partial charge is 0.756 e. The first-order valence-electron chi connectivity index (χ1n) is 37.0. The first kappa shape index (κ1) is 84.9. The highest BCUT2D eigenvalue weighted by molar-refractivity contribution is 7.45. The second-order valence-corrected chi connectivity index (χ2v) is 27.5. The van der Waals surface area contributed by atoms with Gasteiger partial charge in [0.15, 0.2) is 0 Å². The fourth-order valence-electron chi connectivity index (χ4n) is 10.5. The van der Waals surface area contributed by atoms with Crippen molar-refractivity contribution in [3.05, 3.63) is 97.2 Å². The Morgan fingerprint density at radius 2 is 0.693 bits per heavy atom. The highest BCUT2D eigenvalue weighted by atomic mass is 31.2. The molecule has 0 saturated carbocycles. The molecule has 0 bridgehead atoms. The van der Waals surface area contributed by atoms with E-state index in [-0.39, 0.29) is 24.9 Å². The quantitative estimate of drug-likeness (QED) is 0.0212. The molecule has 0 aliphatic heterocycles. The van der Waals surface area contributed by atoms with Crippen LogP contribution < -0.4 is 10.2 Å². The van der Waals surface area contributed by atoms with E-state index in [4.69, 9.17) is 13.8 Å². The number of ether oxygens (including phenoxy) is 1. The smallest absolute Gasteiger partial charge is 0.306 e. The van der Waals surface area contributed by atoms with Gasteiger partial charge in [-0.1, -0.05) is 305 Å². The van der Waals surface area contributed by atoms with E-state index in [1.807, 2.05) is 33.3 Å². The Balaban J connectivity index is 5.05. The molecular weight excluding hydrogens is 1110 g/mol. The maximum Gasteiger partial charge on any atom is 0.306 e. The van der Waals surface area contributed by atoms with Gasteiger partial charge in [-0.25, -0.2) is 0 Å². The van der Waals surface area contributed by atoms with Gasteiger partial charge in [0.2, 0.25) is 5.91 Å². The van der Waals surface area contributed by atoms with E-state index in [0.717, 1.165) is 103 Å². The van der Waals surface area contributed by atoms with Crippen LogP contribution in [0.4, 0.5) is 0 Å². The third-order valence-electron chi connectivity index (χ3n) is 16.2. The minimum atomic E-state index is -4.71. The molecule has 0 heterocycles. The summed E-state index contributed by atoms with van der Waals surface area (Å²) in [5, 5.41) is 3.04. The monoisotopic (exact) mass is 1250 g/mol. The Hall–Kier alpha value is -3.07. The predicted molar refractivity (Wildman–Crippen MR) is 381 cm³/mol. The number of hydrogen-bond acceptors (Lipinski definition) is 7. The SMILES string of the molecule is CCCCC/C=C\C/C=C\C/C=C\C/C=C\CCCCCCCCCCCC(=O)NC(COP(=O)([O-])OCC[N+](C)(C)C)C(/C=C/CCCCCCCCCCCC)OC(=O)CCCCCCCCCCCCCC/C=C\C/C=C\C/C=C\CCCCC. The zero-order valence-corrected chi connectivity index (χ0v) is 59.3. The van der Waals surface area contributed by atoms with Crippen molar-refractivity contribution in [3.63, 3.8) is 0 Å². The van der Waals surface area contributed by atoms with Crippen LogP contribution in [0.25, 0.3) is 0 Å².